The van der Waals surface area contributed by atoms with Crippen LogP contribution in [0.25, 0.3) is 11.3 Å². The second kappa shape index (κ2) is 14.4. The van der Waals surface area contributed by atoms with Crippen molar-refractivity contribution >= 4 is 64.2 Å². The average Bonchev–Trinajstić information content (AvgIpc) is 2.93. The van der Waals surface area contributed by atoms with Crippen LogP contribution in [0.3, 0.4) is 0 Å². The van der Waals surface area contributed by atoms with Crippen molar-refractivity contribution in [3.05, 3.63) is 76.2 Å². The molecule has 3 N–H and O–H groups in total. The molecule has 0 aliphatic carbocycles. The molecule has 1 heterocycles. The first-order chi connectivity index (χ1) is 20.1. The number of rotatable bonds is 10. The highest BCUT2D eigenvalue weighted by molar-refractivity contribution is 6.76. The first-order valence-corrected chi connectivity index (χ1v) is 14.4. The molecule has 0 fully saturated rings. The summed E-state index contributed by atoms with van der Waals surface area (Å²) in [6.45, 7) is 5.88. The summed E-state index contributed by atoms with van der Waals surface area (Å²) >= 11 is 22.7. The Kier molecular flexibility index (Phi) is 11.5. The second-order valence-corrected chi connectivity index (χ2v) is 12.4. The average molecular weight is 674 g/mol. The lowest BCUT2D eigenvalue weighted by Gasteiger charge is -2.28. The zero-order valence-corrected chi connectivity index (χ0v) is 26.6. The highest BCUT2D eigenvalue weighted by Crippen LogP contribution is 2.30. The van der Waals surface area contributed by atoms with Crippen LogP contribution in [0, 0.1) is 5.82 Å². The van der Waals surface area contributed by atoms with Crippen LogP contribution in [0.15, 0.2) is 48.5 Å². The van der Waals surface area contributed by atoms with E-state index in [2.05, 4.69) is 15.6 Å². The SMILES string of the molecule is CCOc1ccc(C(=O)NCCc2cc(C(C)(C)NC(=O)NC(=O)C(Cl)(Cl)Cl)cc(-c3ccc(F)c(Cl)c3)n2)cc1OC. The van der Waals surface area contributed by atoms with Crippen molar-refractivity contribution in [1.29, 1.82) is 0 Å². The smallest absolute Gasteiger partial charge is 0.322 e. The van der Waals surface area contributed by atoms with Crippen molar-refractivity contribution in [3.63, 3.8) is 0 Å². The molecule has 2 aromatic carbocycles. The number of carbonyl (C=O) groups excluding carboxylic acids is 3. The standard InChI is InChI=1S/C29H29Cl4FN4O5/c1-5-43-23-9-7-17(13-24(23)42-4)25(39)35-11-10-19-14-18(15-22(36-19)16-6-8-21(34)20(30)12-16)28(2,3)38-27(41)37-26(40)29(31,32)33/h6-9,12-15H,5,10-11H2,1-4H3,(H,35,39)(H2,37,38,40,41). The molecule has 3 rings (SSSR count). The van der Waals surface area contributed by atoms with Gasteiger partial charge in [-0.1, -0.05) is 46.4 Å². The fraction of sp³-hybridized carbons (Fsp3) is 0.310. The maximum Gasteiger partial charge on any atom is 0.322 e. The van der Waals surface area contributed by atoms with Crippen LogP contribution in [0.2, 0.25) is 5.02 Å². The third-order valence-corrected chi connectivity index (χ3v) is 6.92. The van der Waals surface area contributed by atoms with Crippen LogP contribution in [-0.4, -0.2) is 46.9 Å². The number of hydrogen-bond donors (Lipinski definition) is 3. The van der Waals surface area contributed by atoms with Crippen molar-refractivity contribution in [2.45, 2.75) is 36.5 Å². The number of imide groups is 1. The van der Waals surface area contributed by atoms with Gasteiger partial charge in [-0.15, -0.1) is 0 Å². The first-order valence-electron chi connectivity index (χ1n) is 12.9. The molecule has 0 saturated carbocycles. The Hall–Kier alpha value is -3.31. The molecule has 0 aliphatic heterocycles. The van der Waals surface area contributed by atoms with E-state index >= 15 is 0 Å². The molecular weight excluding hydrogens is 645 g/mol. The van der Waals surface area contributed by atoms with Crippen LogP contribution in [0.5, 0.6) is 11.5 Å². The maximum absolute atomic E-state index is 13.9. The van der Waals surface area contributed by atoms with Gasteiger partial charge in [-0.25, -0.2) is 9.18 Å². The Morgan fingerprint density at radius 1 is 1.00 bits per heavy atom. The number of amides is 4. The normalized spacial score (nSPS) is 11.5. The lowest BCUT2D eigenvalue weighted by Crippen LogP contribution is -2.50. The molecule has 43 heavy (non-hydrogen) atoms. The molecule has 14 heteroatoms. The molecule has 0 saturated heterocycles. The molecule has 0 spiro atoms. The number of ether oxygens (including phenoxy) is 2. The van der Waals surface area contributed by atoms with Gasteiger partial charge in [0.1, 0.15) is 5.82 Å². The minimum atomic E-state index is -2.33. The van der Waals surface area contributed by atoms with Gasteiger partial charge >= 0.3 is 6.03 Å². The summed E-state index contributed by atoms with van der Waals surface area (Å²) in [5.74, 6) is -1.09. The number of methoxy groups -OCH3 is 1. The molecule has 9 nitrogen and oxygen atoms in total. The molecule has 1 aromatic heterocycles. The van der Waals surface area contributed by atoms with Gasteiger partial charge in [-0.3, -0.25) is 19.9 Å². The minimum Gasteiger partial charge on any atom is -0.493 e. The number of nitrogens with zero attached hydrogens (tertiary/aromatic N) is 1. The van der Waals surface area contributed by atoms with Crippen molar-refractivity contribution in [1.82, 2.24) is 20.9 Å². The summed E-state index contributed by atoms with van der Waals surface area (Å²) in [7, 11) is 1.49. The van der Waals surface area contributed by atoms with E-state index in [1.54, 1.807) is 44.2 Å². The van der Waals surface area contributed by atoms with Gasteiger partial charge in [0.25, 0.3) is 15.6 Å². The topological polar surface area (TPSA) is 119 Å². The van der Waals surface area contributed by atoms with E-state index in [0.717, 1.165) is 0 Å². The van der Waals surface area contributed by atoms with Gasteiger partial charge in [0, 0.05) is 29.8 Å². The largest absolute Gasteiger partial charge is 0.493 e. The third-order valence-electron chi connectivity index (χ3n) is 6.12. The minimum absolute atomic E-state index is 0.0914. The van der Waals surface area contributed by atoms with Crippen molar-refractivity contribution in [3.8, 4) is 22.8 Å². The molecule has 3 aromatic rings. The zero-order valence-electron chi connectivity index (χ0n) is 23.6. The summed E-state index contributed by atoms with van der Waals surface area (Å²) in [6.07, 6.45) is 0.295. The Bertz CT molecular complexity index is 1510. The van der Waals surface area contributed by atoms with Crippen LogP contribution in [0.1, 0.15) is 42.4 Å². The molecule has 230 valence electrons. The van der Waals surface area contributed by atoms with Gasteiger partial charge in [0.2, 0.25) is 0 Å². The molecule has 0 bridgehead atoms. The maximum atomic E-state index is 13.9. The lowest BCUT2D eigenvalue weighted by atomic mass is 9.92. The van der Waals surface area contributed by atoms with Gasteiger partial charge in [-0.05, 0) is 74.9 Å². The highest BCUT2D eigenvalue weighted by Gasteiger charge is 2.33. The Morgan fingerprint density at radius 3 is 2.35 bits per heavy atom. The van der Waals surface area contributed by atoms with Crippen molar-refractivity contribution in [2.75, 3.05) is 20.3 Å². The van der Waals surface area contributed by atoms with Gasteiger partial charge < -0.3 is 20.1 Å². The zero-order chi connectivity index (χ0) is 31.9. The Balaban J connectivity index is 1.85. The number of nitrogens with one attached hydrogen (secondary N) is 3. The number of halogens is 5. The molecule has 4 amide bonds. The summed E-state index contributed by atoms with van der Waals surface area (Å²) in [5.41, 5.74) is 1.38. The molecule has 0 aliphatic rings. The number of pyridine rings is 1. The van der Waals surface area contributed by atoms with E-state index in [1.807, 2.05) is 12.2 Å². The van der Waals surface area contributed by atoms with Crippen LogP contribution in [-0.2, 0) is 16.8 Å². The summed E-state index contributed by atoms with van der Waals surface area (Å²) in [5, 5.41) is 7.41. The molecule has 0 atom stereocenters. The van der Waals surface area contributed by atoms with Gasteiger partial charge in [0.05, 0.1) is 30.0 Å². The number of carbonyl (C=O) groups is 3. The first kappa shape index (κ1) is 34.2. The van der Waals surface area contributed by atoms with Crippen LogP contribution >= 0.6 is 46.4 Å². The number of urea groups is 1. The van der Waals surface area contributed by atoms with E-state index in [4.69, 9.17) is 55.9 Å². The van der Waals surface area contributed by atoms with Gasteiger partial charge in [0.15, 0.2) is 11.5 Å². The fourth-order valence-corrected chi connectivity index (χ4v) is 4.25. The predicted octanol–water partition coefficient (Wildman–Crippen LogP) is 6.35. The van der Waals surface area contributed by atoms with E-state index < -0.39 is 27.1 Å². The van der Waals surface area contributed by atoms with Gasteiger partial charge in [-0.2, -0.15) is 0 Å². The van der Waals surface area contributed by atoms with E-state index in [-0.39, 0.29) is 17.5 Å². The summed E-state index contributed by atoms with van der Waals surface area (Å²) < 4.78 is 22.4. The number of hydrogen-bond acceptors (Lipinski definition) is 6. The van der Waals surface area contributed by atoms with E-state index in [1.165, 1.54) is 25.3 Å². The number of benzene rings is 2. The Labute approximate surface area is 268 Å². The number of aromatic nitrogens is 1. The molecule has 0 unspecified atom stereocenters. The van der Waals surface area contributed by atoms with Crippen LogP contribution in [0.4, 0.5) is 9.18 Å². The van der Waals surface area contributed by atoms with E-state index in [0.29, 0.717) is 52.6 Å². The molecule has 0 radical (unpaired) electrons. The van der Waals surface area contributed by atoms with Crippen molar-refractivity contribution in [2.24, 2.45) is 0 Å². The van der Waals surface area contributed by atoms with Crippen molar-refractivity contribution < 1.29 is 28.2 Å². The summed E-state index contributed by atoms with van der Waals surface area (Å²) in [4.78, 5) is 42.0. The second-order valence-electron chi connectivity index (χ2n) is 9.70. The number of alkyl halides is 3. The Morgan fingerprint density at radius 2 is 1.72 bits per heavy atom. The van der Waals surface area contributed by atoms with E-state index in [9.17, 15) is 18.8 Å². The van der Waals surface area contributed by atoms with Crippen LogP contribution < -0.4 is 25.4 Å². The molecular formula is C29H29Cl4FN4O5. The fourth-order valence-electron chi connectivity index (χ4n) is 3.93. The third kappa shape index (κ3) is 9.34. The highest BCUT2D eigenvalue weighted by atomic mass is 35.6. The lowest BCUT2D eigenvalue weighted by molar-refractivity contribution is -0.119. The monoisotopic (exact) mass is 672 g/mol. The predicted molar refractivity (Wildman–Crippen MR) is 165 cm³/mol. The quantitative estimate of drug-likeness (QED) is 0.216. The summed E-state index contributed by atoms with van der Waals surface area (Å²) in [6, 6.07) is 11.6.